The molecule has 3 nitrogen and oxygen atoms in total. The van der Waals surface area contributed by atoms with E-state index in [1.165, 1.54) is 13.2 Å². The Bertz CT molecular complexity index is 530. The molecular formula is C14H17FN2OS. The quantitative estimate of drug-likeness (QED) is 0.906. The highest BCUT2D eigenvalue weighted by Gasteiger charge is 2.16. The van der Waals surface area contributed by atoms with E-state index in [0.717, 1.165) is 5.01 Å². The predicted octanol–water partition coefficient (Wildman–Crippen LogP) is 3.70. The van der Waals surface area contributed by atoms with Gasteiger partial charge in [-0.2, -0.15) is 0 Å². The lowest BCUT2D eigenvalue weighted by Gasteiger charge is -2.19. The lowest BCUT2D eigenvalue weighted by molar-refractivity contribution is 0.408. The molecule has 2 aromatic rings. The van der Waals surface area contributed by atoms with Crippen LogP contribution in [0.4, 0.5) is 4.39 Å². The normalized spacial score (nSPS) is 14.1. The summed E-state index contributed by atoms with van der Waals surface area (Å²) >= 11 is 1.59. The zero-order chi connectivity index (χ0) is 13.8. The fourth-order valence-electron chi connectivity index (χ4n) is 1.97. The number of nitrogens with zero attached hydrogens (tertiary/aromatic N) is 1. The van der Waals surface area contributed by atoms with Gasteiger partial charge in [0.15, 0.2) is 0 Å². The second-order valence-electron chi connectivity index (χ2n) is 4.37. The van der Waals surface area contributed by atoms with Crippen molar-refractivity contribution >= 4 is 11.3 Å². The van der Waals surface area contributed by atoms with Crippen molar-refractivity contribution in [2.45, 2.75) is 25.9 Å². The van der Waals surface area contributed by atoms with Crippen molar-refractivity contribution in [3.05, 3.63) is 46.2 Å². The van der Waals surface area contributed by atoms with Crippen molar-refractivity contribution in [2.75, 3.05) is 7.11 Å². The number of ether oxygens (including phenoxy) is 1. The minimum atomic E-state index is -0.259. The Morgan fingerprint density at radius 2 is 2.11 bits per heavy atom. The summed E-state index contributed by atoms with van der Waals surface area (Å²) in [7, 11) is 1.53. The number of hydrogen-bond donors (Lipinski definition) is 1. The molecule has 1 N–H and O–H groups in total. The first-order valence-corrected chi connectivity index (χ1v) is 6.98. The second kappa shape index (κ2) is 6.12. The van der Waals surface area contributed by atoms with E-state index in [-0.39, 0.29) is 17.9 Å². The van der Waals surface area contributed by atoms with Crippen LogP contribution in [-0.2, 0) is 0 Å². The number of hydrogen-bond acceptors (Lipinski definition) is 4. The lowest BCUT2D eigenvalue weighted by atomic mass is 10.1. The second-order valence-corrected chi connectivity index (χ2v) is 5.29. The first-order chi connectivity index (χ1) is 9.11. The van der Waals surface area contributed by atoms with Crippen LogP contribution in [0.2, 0.25) is 0 Å². The number of methoxy groups -OCH3 is 1. The molecule has 2 unspecified atom stereocenters. The van der Waals surface area contributed by atoms with Gasteiger partial charge in [-0.05, 0) is 19.9 Å². The molecular weight excluding hydrogens is 263 g/mol. The van der Waals surface area contributed by atoms with Crippen molar-refractivity contribution in [3.8, 4) is 5.75 Å². The summed E-state index contributed by atoms with van der Waals surface area (Å²) in [5.74, 6) is 0.270. The number of benzene rings is 1. The highest BCUT2D eigenvalue weighted by Crippen LogP contribution is 2.24. The molecule has 0 aliphatic carbocycles. The predicted molar refractivity (Wildman–Crippen MR) is 75.0 cm³/mol. The van der Waals surface area contributed by atoms with Crippen molar-refractivity contribution in [1.82, 2.24) is 10.3 Å². The molecule has 0 saturated heterocycles. The Labute approximate surface area is 116 Å². The number of rotatable bonds is 5. The van der Waals surface area contributed by atoms with Gasteiger partial charge < -0.3 is 10.1 Å². The SMILES string of the molecule is COc1ccc(C(C)NC(C)c2nccs2)c(F)c1. The lowest BCUT2D eigenvalue weighted by Crippen LogP contribution is -2.23. The van der Waals surface area contributed by atoms with Crippen LogP contribution in [0.25, 0.3) is 0 Å². The van der Waals surface area contributed by atoms with Crippen molar-refractivity contribution < 1.29 is 9.13 Å². The van der Waals surface area contributed by atoms with E-state index in [0.29, 0.717) is 11.3 Å². The average molecular weight is 280 g/mol. The Kier molecular flexibility index (Phi) is 4.50. The maximum absolute atomic E-state index is 13.9. The van der Waals surface area contributed by atoms with E-state index in [1.54, 1.807) is 29.7 Å². The van der Waals surface area contributed by atoms with Gasteiger partial charge in [0.05, 0.1) is 13.2 Å². The molecule has 0 spiro atoms. The maximum Gasteiger partial charge on any atom is 0.131 e. The summed E-state index contributed by atoms with van der Waals surface area (Å²) in [5.41, 5.74) is 0.629. The fraction of sp³-hybridized carbons (Fsp3) is 0.357. The molecule has 0 aliphatic rings. The van der Waals surface area contributed by atoms with Crippen LogP contribution in [-0.4, -0.2) is 12.1 Å². The summed E-state index contributed by atoms with van der Waals surface area (Å²) in [6.07, 6.45) is 1.77. The molecule has 1 heterocycles. The van der Waals surface area contributed by atoms with Gasteiger partial charge in [-0.15, -0.1) is 11.3 Å². The van der Waals surface area contributed by atoms with Crippen molar-refractivity contribution in [2.24, 2.45) is 0 Å². The summed E-state index contributed by atoms with van der Waals surface area (Å²) in [4.78, 5) is 4.25. The van der Waals surface area contributed by atoms with Crippen LogP contribution in [0.5, 0.6) is 5.75 Å². The summed E-state index contributed by atoms with van der Waals surface area (Å²) in [6, 6.07) is 4.92. The molecule has 0 amide bonds. The smallest absolute Gasteiger partial charge is 0.131 e. The van der Waals surface area contributed by atoms with E-state index in [9.17, 15) is 4.39 Å². The molecule has 0 bridgehead atoms. The van der Waals surface area contributed by atoms with Gasteiger partial charge in [0.25, 0.3) is 0 Å². The van der Waals surface area contributed by atoms with Crippen LogP contribution in [0.3, 0.4) is 0 Å². The van der Waals surface area contributed by atoms with E-state index >= 15 is 0 Å². The standard InChI is InChI=1S/C14H17FN2OS/c1-9(17-10(2)14-16-6-7-19-14)12-5-4-11(18-3)8-13(12)15/h4-10,17H,1-3H3. The third-order valence-corrected chi connectivity index (χ3v) is 3.95. The molecule has 2 atom stereocenters. The van der Waals surface area contributed by atoms with Crippen LogP contribution in [0.1, 0.15) is 36.5 Å². The molecule has 0 radical (unpaired) electrons. The first-order valence-electron chi connectivity index (χ1n) is 6.10. The van der Waals surface area contributed by atoms with Gasteiger partial charge in [-0.25, -0.2) is 9.37 Å². The third kappa shape index (κ3) is 3.30. The highest BCUT2D eigenvalue weighted by atomic mass is 32.1. The van der Waals surface area contributed by atoms with E-state index in [2.05, 4.69) is 10.3 Å². The highest BCUT2D eigenvalue weighted by molar-refractivity contribution is 7.09. The number of aromatic nitrogens is 1. The topological polar surface area (TPSA) is 34.1 Å². The average Bonchev–Trinajstić information content (AvgIpc) is 2.92. The van der Waals surface area contributed by atoms with Gasteiger partial charge in [-0.3, -0.25) is 0 Å². The molecule has 1 aromatic heterocycles. The van der Waals surface area contributed by atoms with Crippen molar-refractivity contribution in [1.29, 1.82) is 0 Å². The third-order valence-electron chi connectivity index (χ3n) is 3.00. The number of nitrogens with one attached hydrogen (secondary N) is 1. The molecule has 102 valence electrons. The van der Waals surface area contributed by atoms with E-state index < -0.39 is 0 Å². The van der Waals surface area contributed by atoms with Crippen LogP contribution >= 0.6 is 11.3 Å². The Morgan fingerprint density at radius 3 is 2.68 bits per heavy atom. The van der Waals surface area contributed by atoms with E-state index in [1.807, 2.05) is 19.2 Å². The molecule has 19 heavy (non-hydrogen) atoms. The largest absolute Gasteiger partial charge is 0.497 e. The first kappa shape index (κ1) is 14.0. The van der Waals surface area contributed by atoms with Crippen LogP contribution in [0.15, 0.2) is 29.8 Å². The minimum absolute atomic E-state index is 0.0928. The van der Waals surface area contributed by atoms with Gasteiger partial charge in [0.1, 0.15) is 16.6 Å². The molecule has 2 rings (SSSR count). The van der Waals surface area contributed by atoms with Crippen LogP contribution in [0, 0.1) is 5.82 Å². The Morgan fingerprint density at radius 1 is 1.32 bits per heavy atom. The fourth-order valence-corrected chi connectivity index (χ4v) is 2.63. The molecule has 0 fully saturated rings. The molecule has 0 aliphatic heterocycles. The summed E-state index contributed by atoms with van der Waals surface area (Å²) in [5, 5.41) is 6.28. The van der Waals surface area contributed by atoms with Crippen molar-refractivity contribution in [3.63, 3.8) is 0 Å². The summed E-state index contributed by atoms with van der Waals surface area (Å²) in [6.45, 7) is 3.96. The maximum atomic E-state index is 13.9. The number of halogens is 1. The zero-order valence-corrected chi connectivity index (χ0v) is 12.0. The zero-order valence-electron chi connectivity index (χ0n) is 11.2. The van der Waals surface area contributed by atoms with Gasteiger partial charge >= 0.3 is 0 Å². The minimum Gasteiger partial charge on any atom is -0.497 e. The van der Waals surface area contributed by atoms with Crippen LogP contribution < -0.4 is 10.1 Å². The van der Waals surface area contributed by atoms with Gasteiger partial charge in [0.2, 0.25) is 0 Å². The monoisotopic (exact) mass is 280 g/mol. The molecule has 1 aromatic carbocycles. The molecule has 0 saturated carbocycles. The Balaban J connectivity index is 2.09. The van der Waals surface area contributed by atoms with Gasteiger partial charge in [0, 0.05) is 29.2 Å². The van der Waals surface area contributed by atoms with E-state index in [4.69, 9.17) is 4.74 Å². The summed E-state index contributed by atoms with van der Waals surface area (Å²) < 4.78 is 18.9. The number of thiazole rings is 1. The van der Waals surface area contributed by atoms with Gasteiger partial charge in [-0.1, -0.05) is 6.07 Å². The molecule has 5 heteroatoms. The Hall–Kier alpha value is -1.46.